The number of likely N-dealkylation sites (tertiary alicyclic amines) is 1. The highest BCUT2D eigenvalue weighted by Crippen LogP contribution is 2.25. The van der Waals surface area contributed by atoms with Crippen molar-refractivity contribution in [1.29, 1.82) is 5.41 Å². The number of amides is 1. The maximum absolute atomic E-state index is 12.3. The highest BCUT2D eigenvalue weighted by atomic mass is 16.6. The second-order valence-electron chi connectivity index (χ2n) is 10.0. The fourth-order valence-electron chi connectivity index (χ4n) is 4.33. The van der Waals surface area contributed by atoms with E-state index in [1.165, 1.54) is 19.3 Å². The molecule has 1 saturated carbocycles. The molecule has 0 spiro atoms. The Labute approximate surface area is 198 Å². The molecule has 2 aliphatic rings. The number of nitrogens with one attached hydrogen (secondary N) is 2. The molecule has 2 N–H and O–H groups in total. The van der Waals surface area contributed by atoms with Crippen LogP contribution in [0.5, 0.6) is 0 Å². The fraction of sp³-hybridized carbons (Fsp3) is 0.800. The predicted molar refractivity (Wildman–Crippen MR) is 128 cm³/mol. The molecule has 0 aromatic rings. The zero-order valence-corrected chi connectivity index (χ0v) is 20.9. The number of hydrogen-bond donors (Lipinski definition) is 2. The monoisotopic (exact) mass is 465 g/mol. The number of rotatable bonds is 10. The van der Waals surface area contributed by atoms with Crippen LogP contribution in [-0.4, -0.2) is 61.6 Å². The van der Waals surface area contributed by atoms with Crippen molar-refractivity contribution in [1.82, 2.24) is 10.2 Å². The first-order valence-electron chi connectivity index (χ1n) is 12.5. The molecule has 1 amide bonds. The fourth-order valence-corrected chi connectivity index (χ4v) is 4.33. The molecule has 2 rings (SSSR count). The molecule has 0 bridgehead atoms. The van der Waals surface area contributed by atoms with E-state index in [2.05, 4.69) is 5.32 Å². The number of hydrogen-bond acceptors (Lipinski definition) is 7. The summed E-state index contributed by atoms with van der Waals surface area (Å²) in [6.45, 7) is 10.2. The Morgan fingerprint density at radius 3 is 2.27 bits per heavy atom. The van der Waals surface area contributed by atoms with Crippen LogP contribution in [0.3, 0.4) is 0 Å². The highest BCUT2D eigenvalue weighted by Gasteiger charge is 2.27. The van der Waals surface area contributed by atoms with Gasteiger partial charge in [-0.25, -0.2) is 9.59 Å². The molecular formula is C25H43N3O5. The molecule has 8 heteroatoms. The van der Waals surface area contributed by atoms with Gasteiger partial charge in [-0.2, -0.15) is 0 Å². The van der Waals surface area contributed by atoms with Crippen molar-refractivity contribution >= 4 is 18.3 Å². The summed E-state index contributed by atoms with van der Waals surface area (Å²) in [7, 11) is 0. The number of carbonyl (C=O) groups excluding carboxylic acids is 2. The molecule has 33 heavy (non-hydrogen) atoms. The van der Waals surface area contributed by atoms with E-state index in [9.17, 15) is 9.59 Å². The third-order valence-corrected chi connectivity index (χ3v) is 6.18. The smallest absolute Gasteiger partial charge is 0.410 e. The first-order valence-corrected chi connectivity index (χ1v) is 12.5. The molecule has 1 aliphatic heterocycles. The summed E-state index contributed by atoms with van der Waals surface area (Å²) in [6, 6.07) is 0. The minimum absolute atomic E-state index is 0.132. The van der Waals surface area contributed by atoms with E-state index in [1.807, 2.05) is 20.8 Å². The number of nitrogens with zero attached hydrogens (tertiary/aromatic N) is 1. The van der Waals surface area contributed by atoms with Crippen molar-refractivity contribution in [3.63, 3.8) is 0 Å². The first-order chi connectivity index (χ1) is 15.7. The molecule has 0 radical (unpaired) electrons. The van der Waals surface area contributed by atoms with Gasteiger partial charge in [0.05, 0.1) is 13.2 Å². The average Bonchev–Trinajstić information content (AvgIpc) is 2.77. The summed E-state index contributed by atoms with van der Waals surface area (Å²) in [6.07, 6.45) is 9.49. The van der Waals surface area contributed by atoms with Crippen molar-refractivity contribution in [2.45, 2.75) is 84.7 Å². The summed E-state index contributed by atoms with van der Waals surface area (Å²) < 4.78 is 16.6. The van der Waals surface area contributed by atoms with Gasteiger partial charge in [0, 0.05) is 25.8 Å². The van der Waals surface area contributed by atoms with Crippen molar-refractivity contribution in [3.8, 4) is 0 Å². The summed E-state index contributed by atoms with van der Waals surface area (Å²) >= 11 is 0. The number of piperidine rings is 1. The third kappa shape index (κ3) is 9.64. The molecule has 8 nitrogen and oxygen atoms in total. The van der Waals surface area contributed by atoms with Crippen LogP contribution in [0.2, 0.25) is 0 Å². The van der Waals surface area contributed by atoms with Crippen LogP contribution >= 0.6 is 0 Å². The largest absolute Gasteiger partial charge is 0.478 e. The van der Waals surface area contributed by atoms with Crippen LogP contribution in [0.4, 0.5) is 4.79 Å². The van der Waals surface area contributed by atoms with Gasteiger partial charge in [-0.3, -0.25) is 0 Å². The quantitative estimate of drug-likeness (QED) is 0.211. The topological polar surface area (TPSA) is 101 Å². The molecule has 1 heterocycles. The second kappa shape index (κ2) is 13.5. The van der Waals surface area contributed by atoms with Crippen LogP contribution in [-0.2, 0) is 19.0 Å². The Hall–Kier alpha value is -2.25. The molecule has 188 valence electrons. The SMILES string of the molecule is CCOC(=O)/C(C=N)=C(/NCCC1CCN(C(=O)OC(C)(C)C)CC1)OCC1CCCCC1. The molecule has 0 unspecified atom stereocenters. The van der Waals surface area contributed by atoms with E-state index in [4.69, 9.17) is 19.6 Å². The molecule has 0 atom stereocenters. The van der Waals surface area contributed by atoms with Gasteiger partial charge in [-0.05, 0) is 71.6 Å². The van der Waals surface area contributed by atoms with Gasteiger partial charge >= 0.3 is 12.1 Å². The lowest BCUT2D eigenvalue weighted by atomic mass is 9.90. The summed E-state index contributed by atoms with van der Waals surface area (Å²) in [5, 5.41) is 11.0. The van der Waals surface area contributed by atoms with Crippen LogP contribution in [0.1, 0.15) is 79.1 Å². The molecule has 1 aliphatic carbocycles. The van der Waals surface area contributed by atoms with E-state index < -0.39 is 11.6 Å². The average molecular weight is 466 g/mol. The van der Waals surface area contributed by atoms with E-state index in [0.29, 0.717) is 44.0 Å². The Morgan fingerprint density at radius 1 is 1.03 bits per heavy atom. The van der Waals surface area contributed by atoms with Gasteiger partial charge in [0.1, 0.15) is 11.2 Å². The van der Waals surface area contributed by atoms with E-state index in [0.717, 1.165) is 38.3 Å². The molecule has 1 saturated heterocycles. The van der Waals surface area contributed by atoms with Gasteiger partial charge in [-0.1, -0.05) is 19.3 Å². The Bertz CT molecular complexity index is 672. The van der Waals surface area contributed by atoms with Crippen molar-refractivity contribution in [2.75, 3.05) is 32.8 Å². The predicted octanol–water partition coefficient (Wildman–Crippen LogP) is 4.63. The van der Waals surface area contributed by atoms with E-state index in [1.54, 1.807) is 11.8 Å². The minimum Gasteiger partial charge on any atom is -0.478 e. The Morgan fingerprint density at radius 2 is 1.70 bits per heavy atom. The zero-order chi connectivity index (χ0) is 24.3. The van der Waals surface area contributed by atoms with Gasteiger partial charge in [-0.15, -0.1) is 0 Å². The van der Waals surface area contributed by atoms with Crippen molar-refractivity contribution in [2.24, 2.45) is 11.8 Å². The lowest BCUT2D eigenvalue weighted by Crippen LogP contribution is -2.42. The number of carbonyl (C=O) groups is 2. The third-order valence-electron chi connectivity index (χ3n) is 6.18. The van der Waals surface area contributed by atoms with Crippen LogP contribution in [0.15, 0.2) is 11.5 Å². The van der Waals surface area contributed by atoms with E-state index >= 15 is 0 Å². The zero-order valence-electron chi connectivity index (χ0n) is 20.9. The Kier molecular flexibility index (Phi) is 11.0. The molecule has 0 aromatic heterocycles. The van der Waals surface area contributed by atoms with Gasteiger partial charge in [0.15, 0.2) is 0 Å². The molecule has 0 aromatic carbocycles. The normalized spacial score (nSPS) is 18.8. The highest BCUT2D eigenvalue weighted by molar-refractivity contribution is 6.08. The van der Waals surface area contributed by atoms with Gasteiger partial charge < -0.3 is 29.8 Å². The van der Waals surface area contributed by atoms with Gasteiger partial charge in [0.2, 0.25) is 5.88 Å². The minimum atomic E-state index is -0.538. The lowest BCUT2D eigenvalue weighted by molar-refractivity contribution is -0.138. The Balaban J connectivity index is 1.87. The summed E-state index contributed by atoms with van der Waals surface area (Å²) in [5.74, 6) is 0.772. The second-order valence-corrected chi connectivity index (χ2v) is 10.0. The standard InChI is InChI=1S/C25H43N3O5/c1-5-31-23(29)21(17-26)22(32-18-20-9-7-6-8-10-20)27-14-11-19-12-15-28(16-13-19)24(30)33-25(2,3)4/h17,19-20,26-27H,5-16,18H2,1-4H3/b22-21-,26-17?. The van der Waals surface area contributed by atoms with Crippen LogP contribution in [0.25, 0.3) is 0 Å². The maximum Gasteiger partial charge on any atom is 0.410 e. The summed E-state index contributed by atoms with van der Waals surface area (Å²) in [4.78, 5) is 26.4. The first kappa shape index (κ1) is 27.0. The lowest BCUT2D eigenvalue weighted by Gasteiger charge is -2.33. The van der Waals surface area contributed by atoms with Crippen molar-refractivity contribution < 1.29 is 23.8 Å². The summed E-state index contributed by atoms with van der Waals surface area (Å²) in [5.41, 5.74) is -0.351. The maximum atomic E-state index is 12.3. The molecule has 2 fully saturated rings. The number of ether oxygens (including phenoxy) is 3. The molecular weight excluding hydrogens is 422 g/mol. The van der Waals surface area contributed by atoms with Crippen LogP contribution in [0, 0.1) is 17.2 Å². The van der Waals surface area contributed by atoms with Crippen LogP contribution < -0.4 is 5.32 Å². The van der Waals surface area contributed by atoms with Crippen molar-refractivity contribution in [3.05, 3.63) is 11.5 Å². The van der Waals surface area contributed by atoms with E-state index in [-0.39, 0.29) is 18.3 Å². The van der Waals surface area contributed by atoms with Gasteiger partial charge in [0.25, 0.3) is 0 Å². The number of esters is 1.